The van der Waals surface area contributed by atoms with E-state index in [0.717, 1.165) is 28.5 Å². The molecular weight excluding hydrogens is 444 g/mol. The number of thioether (sulfide) groups is 1. The summed E-state index contributed by atoms with van der Waals surface area (Å²) in [6.07, 6.45) is 0.866. The van der Waals surface area contributed by atoms with Gasteiger partial charge in [0.25, 0.3) is 5.56 Å². The molecule has 0 amide bonds. The number of halogens is 1. The highest BCUT2D eigenvalue weighted by Gasteiger charge is 2.15. The molecule has 0 aliphatic carbocycles. The molecule has 2 aromatic heterocycles. The molecule has 0 fully saturated rings. The van der Waals surface area contributed by atoms with Gasteiger partial charge in [0.05, 0.1) is 10.9 Å². The van der Waals surface area contributed by atoms with Crippen molar-refractivity contribution < 1.29 is 4.42 Å². The van der Waals surface area contributed by atoms with E-state index < -0.39 is 0 Å². The zero-order chi connectivity index (χ0) is 23.0. The first kappa shape index (κ1) is 22.6. The Bertz CT molecular complexity index is 1440. The third kappa shape index (κ3) is 4.48. The Labute approximate surface area is 195 Å². The Hall–Kier alpha value is -2.57. The third-order valence-corrected chi connectivity index (χ3v) is 6.95. The van der Waals surface area contributed by atoms with Gasteiger partial charge in [-0.1, -0.05) is 49.3 Å². The number of aryl methyl sites for hydroxylation is 2. The van der Waals surface area contributed by atoms with Crippen LogP contribution in [0.25, 0.3) is 21.9 Å². The number of fused-ring (bicyclic) bond motifs is 2. The molecule has 2 heterocycles. The Morgan fingerprint density at radius 2 is 1.84 bits per heavy atom. The van der Waals surface area contributed by atoms with Crippen molar-refractivity contribution in [2.75, 3.05) is 0 Å². The van der Waals surface area contributed by atoms with Gasteiger partial charge in [0.15, 0.2) is 5.16 Å². The van der Waals surface area contributed by atoms with Crippen molar-refractivity contribution in [1.82, 2.24) is 9.55 Å². The zero-order valence-electron chi connectivity index (χ0n) is 18.6. The average Bonchev–Trinajstić information content (AvgIpc) is 2.74. The number of rotatable bonds is 6. The maximum Gasteiger partial charge on any atom is 0.336 e. The van der Waals surface area contributed by atoms with Crippen LogP contribution >= 0.6 is 23.4 Å². The molecule has 2 aromatic carbocycles. The molecule has 0 N–H and O–H groups in total. The summed E-state index contributed by atoms with van der Waals surface area (Å²) in [5.74, 6) is 0.944. The van der Waals surface area contributed by atoms with Crippen LogP contribution in [0.5, 0.6) is 0 Å². The number of benzene rings is 2. The van der Waals surface area contributed by atoms with Crippen molar-refractivity contribution in [2.45, 2.75) is 51.6 Å². The zero-order valence-corrected chi connectivity index (χ0v) is 20.1. The fourth-order valence-corrected chi connectivity index (χ4v) is 4.84. The molecule has 0 aliphatic rings. The van der Waals surface area contributed by atoms with Crippen LogP contribution in [0.1, 0.15) is 37.0 Å². The van der Waals surface area contributed by atoms with Crippen LogP contribution in [-0.2, 0) is 12.3 Å². The first-order valence-corrected chi connectivity index (χ1v) is 12.0. The van der Waals surface area contributed by atoms with E-state index in [4.69, 9.17) is 21.0 Å². The van der Waals surface area contributed by atoms with E-state index in [2.05, 4.69) is 13.8 Å². The molecule has 5 nitrogen and oxygen atoms in total. The van der Waals surface area contributed by atoms with Crippen LogP contribution in [0, 0.1) is 19.8 Å². The second kappa shape index (κ2) is 9.12. The molecule has 0 radical (unpaired) electrons. The maximum atomic E-state index is 13.2. The molecule has 4 rings (SSSR count). The molecule has 4 aromatic rings. The summed E-state index contributed by atoms with van der Waals surface area (Å²) in [6, 6.07) is 10.7. The second-order valence-corrected chi connectivity index (χ2v) is 9.84. The normalized spacial score (nSPS) is 11.7. The lowest BCUT2D eigenvalue weighted by molar-refractivity contribution is 0.481. The van der Waals surface area contributed by atoms with Gasteiger partial charge in [-0.25, -0.2) is 9.78 Å². The summed E-state index contributed by atoms with van der Waals surface area (Å²) in [5, 5.41) is 2.62. The van der Waals surface area contributed by atoms with Gasteiger partial charge < -0.3 is 4.42 Å². The fraction of sp³-hybridized carbons (Fsp3) is 0.320. The van der Waals surface area contributed by atoms with Gasteiger partial charge in [-0.05, 0) is 61.1 Å². The van der Waals surface area contributed by atoms with Crippen LogP contribution in [-0.4, -0.2) is 9.55 Å². The van der Waals surface area contributed by atoms with Crippen molar-refractivity contribution >= 4 is 45.2 Å². The fourth-order valence-electron chi connectivity index (χ4n) is 3.65. The van der Waals surface area contributed by atoms with Crippen LogP contribution in [0.4, 0.5) is 0 Å². The van der Waals surface area contributed by atoms with Crippen LogP contribution in [0.15, 0.2) is 55.6 Å². The van der Waals surface area contributed by atoms with E-state index in [-0.39, 0.29) is 11.2 Å². The summed E-state index contributed by atoms with van der Waals surface area (Å²) in [4.78, 5) is 30.2. The molecule has 0 saturated carbocycles. The average molecular weight is 469 g/mol. The minimum Gasteiger partial charge on any atom is -0.422 e. The second-order valence-electron chi connectivity index (χ2n) is 8.46. The number of hydrogen-bond acceptors (Lipinski definition) is 5. The lowest BCUT2D eigenvalue weighted by Crippen LogP contribution is -2.24. The summed E-state index contributed by atoms with van der Waals surface area (Å²) in [5.41, 5.74) is 3.63. The lowest BCUT2D eigenvalue weighted by atomic mass is 10.0. The van der Waals surface area contributed by atoms with Crippen molar-refractivity contribution in [1.29, 1.82) is 0 Å². The molecule has 166 valence electrons. The van der Waals surface area contributed by atoms with E-state index in [0.29, 0.717) is 44.9 Å². The lowest BCUT2D eigenvalue weighted by Gasteiger charge is -2.15. The van der Waals surface area contributed by atoms with E-state index in [1.54, 1.807) is 22.8 Å². The van der Waals surface area contributed by atoms with Gasteiger partial charge in [0.2, 0.25) is 0 Å². The number of hydrogen-bond donors (Lipinski definition) is 0. The summed E-state index contributed by atoms with van der Waals surface area (Å²) >= 11 is 7.60. The largest absolute Gasteiger partial charge is 0.422 e. The Morgan fingerprint density at radius 1 is 1.09 bits per heavy atom. The highest BCUT2D eigenvalue weighted by molar-refractivity contribution is 7.98. The Kier molecular flexibility index (Phi) is 6.45. The monoisotopic (exact) mass is 468 g/mol. The van der Waals surface area contributed by atoms with Crippen molar-refractivity contribution in [3.63, 3.8) is 0 Å². The van der Waals surface area contributed by atoms with Crippen molar-refractivity contribution in [3.8, 4) is 0 Å². The quantitative estimate of drug-likeness (QED) is 0.194. The topological polar surface area (TPSA) is 65.1 Å². The molecule has 0 aliphatic heterocycles. The predicted octanol–water partition coefficient (Wildman–Crippen LogP) is 6.11. The van der Waals surface area contributed by atoms with Crippen LogP contribution < -0.4 is 11.2 Å². The van der Waals surface area contributed by atoms with Crippen molar-refractivity contribution in [3.05, 3.63) is 78.9 Å². The van der Waals surface area contributed by atoms with E-state index >= 15 is 0 Å². The summed E-state index contributed by atoms with van der Waals surface area (Å²) < 4.78 is 7.23. The number of nitrogens with zero attached hydrogens (tertiary/aromatic N) is 2. The van der Waals surface area contributed by atoms with E-state index in [1.165, 1.54) is 17.8 Å². The van der Waals surface area contributed by atoms with Gasteiger partial charge in [0.1, 0.15) is 5.58 Å². The highest BCUT2D eigenvalue weighted by atomic mass is 35.5. The standard InChI is InChI=1S/C25H25ClN2O3S/c1-14(2)9-10-28-24(30)20-8-6-18(26)12-21(20)27-25(28)32-13-17-11-22(29)31-23-16(4)15(3)5-7-19(17)23/h5-8,11-12,14H,9-10,13H2,1-4H3. The Morgan fingerprint density at radius 3 is 2.59 bits per heavy atom. The van der Waals surface area contributed by atoms with Crippen LogP contribution in [0.3, 0.4) is 0 Å². The molecule has 0 unspecified atom stereocenters. The SMILES string of the molecule is Cc1ccc2c(CSc3nc4cc(Cl)ccc4c(=O)n3CCC(C)C)cc(=O)oc2c1C. The summed E-state index contributed by atoms with van der Waals surface area (Å²) in [6.45, 7) is 8.79. The molecule has 0 bridgehead atoms. The molecule has 32 heavy (non-hydrogen) atoms. The van der Waals surface area contributed by atoms with E-state index in [9.17, 15) is 9.59 Å². The van der Waals surface area contributed by atoms with Gasteiger partial charge in [0, 0.05) is 28.8 Å². The minimum atomic E-state index is -0.378. The molecule has 0 atom stereocenters. The van der Waals surface area contributed by atoms with Gasteiger partial charge in [-0.15, -0.1) is 0 Å². The van der Waals surface area contributed by atoms with Crippen molar-refractivity contribution in [2.24, 2.45) is 5.92 Å². The first-order chi connectivity index (χ1) is 15.2. The Balaban J connectivity index is 1.79. The smallest absolute Gasteiger partial charge is 0.336 e. The maximum absolute atomic E-state index is 13.2. The van der Waals surface area contributed by atoms with Crippen LogP contribution in [0.2, 0.25) is 5.02 Å². The molecule has 0 spiro atoms. The first-order valence-electron chi connectivity index (χ1n) is 10.6. The highest BCUT2D eigenvalue weighted by Crippen LogP contribution is 2.29. The van der Waals surface area contributed by atoms with Gasteiger partial charge in [-0.3, -0.25) is 9.36 Å². The van der Waals surface area contributed by atoms with Gasteiger partial charge >= 0.3 is 5.63 Å². The predicted molar refractivity (Wildman–Crippen MR) is 132 cm³/mol. The third-order valence-electron chi connectivity index (χ3n) is 5.69. The minimum absolute atomic E-state index is 0.0706. The van der Waals surface area contributed by atoms with E-state index in [1.807, 2.05) is 26.0 Å². The molecule has 7 heteroatoms. The number of aromatic nitrogens is 2. The van der Waals surface area contributed by atoms with Gasteiger partial charge in [-0.2, -0.15) is 0 Å². The molecule has 0 saturated heterocycles. The summed E-state index contributed by atoms with van der Waals surface area (Å²) in [7, 11) is 0. The molecular formula is C25H25ClN2O3S.